The van der Waals surface area contributed by atoms with Gasteiger partial charge < -0.3 is 10.4 Å². The lowest BCUT2D eigenvalue weighted by Crippen LogP contribution is -2.34. The van der Waals surface area contributed by atoms with Crippen LogP contribution in [0, 0.1) is 0 Å². The molecule has 1 heterocycles. The lowest BCUT2D eigenvalue weighted by atomic mass is 9.95. The summed E-state index contributed by atoms with van der Waals surface area (Å²) < 4.78 is 38.6. The third kappa shape index (κ3) is 4.62. The highest BCUT2D eigenvalue weighted by molar-refractivity contribution is 5.99. The highest BCUT2D eigenvalue weighted by Gasteiger charge is 2.30. The van der Waals surface area contributed by atoms with Crippen molar-refractivity contribution in [2.24, 2.45) is 0 Å². The van der Waals surface area contributed by atoms with E-state index < -0.39 is 11.7 Å². The molecule has 3 aromatic rings. The second-order valence-electron chi connectivity index (χ2n) is 7.62. The summed E-state index contributed by atoms with van der Waals surface area (Å²) >= 11 is 0. The number of hydrogen-bond donors (Lipinski definition) is 2. The van der Waals surface area contributed by atoms with E-state index in [1.807, 2.05) is 26.0 Å². The number of aromatic nitrogens is 1. The molecule has 4 nitrogen and oxygen atoms in total. The number of alkyl halides is 3. The van der Waals surface area contributed by atoms with Crippen LogP contribution >= 0.6 is 0 Å². The minimum atomic E-state index is -4.40. The molecule has 0 spiro atoms. The number of benzene rings is 2. The van der Waals surface area contributed by atoms with Gasteiger partial charge in [-0.1, -0.05) is 32.0 Å². The molecule has 2 N–H and O–H groups in total. The fourth-order valence-electron chi connectivity index (χ4n) is 3.20. The zero-order valence-corrected chi connectivity index (χ0v) is 16.9. The zero-order valence-electron chi connectivity index (χ0n) is 16.9. The van der Waals surface area contributed by atoms with Crippen molar-refractivity contribution >= 4 is 16.8 Å². The zero-order chi connectivity index (χ0) is 22.1. The summed E-state index contributed by atoms with van der Waals surface area (Å²) in [5.74, 6) is -0.177. The van der Waals surface area contributed by atoms with Crippen LogP contribution < -0.4 is 5.32 Å². The second kappa shape index (κ2) is 8.44. The molecule has 0 radical (unpaired) electrons. The summed E-state index contributed by atoms with van der Waals surface area (Å²) in [6.07, 6.45) is -4.40. The number of carbonyl (C=O) groups excluding carboxylic acids is 1. The number of nitrogens with one attached hydrogen (secondary N) is 1. The Morgan fingerprint density at radius 2 is 1.73 bits per heavy atom. The van der Waals surface area contributed by atoms with Gasteiger partial charge in [0.15, 0.2) is 0 Å². The van der Waals surface area contributed by atoms with E-state index in [9.17, 15) is 18.0 Å². The lowest BCUT2D eigenvalue weighted by molar-refractivity contribution is -0.137. The Morgan fingerprint density at radius 1 is 1.07 bits per heavy atom. The van der Waals surface area contributed by atoms with Crippen molar-refractivity contribution < 1.29 is 23.1 Å². The Morgan fingerprint density at radius 3 is 2.30 bits per heavy atom. The molecular weight excluding hydrogens is 393 g/mol. The molecule has 0 aliphatic rings. The molecule has 1 aromatic heterocycles. The molecule has 0 fully saturated rings. The number of pyridine rings is 1. The SMILES string of the molecule is CC(C)c1cc(-c2ccc(C(F)(F)F)cc2)nc2cc(C(=O)N[C@H](C)CO)ccc12. The number of aliphatic hydroxyl groups is 1. The van der Waals surface area contributed by atoms with E-state index in [4.69, 9.17) is 5.11 Å². The van der Waals surface area contributed by atoms with Gasteiger partial charge in [-0.25, -0.2) is 4.98 Å². The molecule has 7 heteroatoms. The summed E-state index contributed by atoms with van der Waals surface area (Å²) in [6, 6.07) is 11.6. The van der Waals surface area contributed by atoms with Crippen LogP contribution in [0.4, 0.5) is 13.2 Å². The fourth-order valence-corrected chi connectivity index (χ4v) is 3.20. The Hall–Kier alpha value is -2.93. The molecule has 158 valence electrons. The summed E-state index contributed by atoms with van der Waals surface area (Å²) in [7, 11) is 0. The lowest BCUT2D eigenvalue weighted by Gasteiger charge is -2.15. The third-order valence-electron chi connectivity index (χ3n) is 4.89. The summed E-state index contributed by atoms with van der Waals surface area (Å²) in [6.45, 7) is 5.56. The van der Waals surface area contributed by atoms with Crippen LogP contribution in [0.2, 0.25) is 0 Å². The molecule has 3 rings (SSSR count). The van der Waals surface area contributed by atoms with Crippen molar-refractivity contribution in [3.63, 3.8) is 0 Å². The van der Waals surface area contributed by atoms with Crippen LogP contribution in [0.15, 0.2) is 48.5 Å². The quantitative estimate of drug-likeness (QED) is 0.604. The fraction of sp³-hybridized carbons (Fsp3) is 0.304. The van der Waals surface area contributed by atoms with Crippen molar-refractivity contribution in [3.8, 4) is 11.3 Å². The highest BCUT2D eigenvalue weighted by atomic mass is 19.4. The van der Waals surface area contributed by atoms with Gasteiger partial charge in [0.05, 0.1) is 23.4 Å². The third-order valence-corrected chi connectivity index (χ3v) is 4.89. The largest absolute Gasteiger partial charge is 0.416 e. The predicted octanol–water partition coefficient (Wildman–Crippen LogP) is 5.15. The van der Waals surface area contributed by atoms with Crippen molar-refractivity contribution in [2.75, 3.05) is 6.61 Å². The van der Waals surface area contributed by atoms with E-state index in [2.05, 4.69) is 10.3 Å². The van der Waals surface area contributed by atoms with E-state index in [1.54, 1.807) is 19.1 Å². The molecule has 2 aromatic carbocycles. The summed E-state index contributed by atoms with van der Waals surface area (Å²) in [5.41, 5.74) is 2.37. The van der Waals surface area contributed by atoms with Gasteiger partial charge in [-0.3, -0.25) is 4.79 Å². The maximum atomic E-state index is 12.9. The second-order valence-corrected chi connectivity index (χ2v) is 7.62. The number of hydrogen-bond acceptors (Lipinski definition) is 3. The van der Waals surface area contributed by atoms with Gasteiger partial charge in [-0.15, -0.1) is 0 Å². The van der Waals surface area contributed by atoms with Crippen molar-refractivity contribution in [2.45, 2.75) is 38.9 Å². The van der Waals surface area contributed by atoms with E-state index in [0.717, 1.165) is 23.1 Å². The first-order valence-corrected chi connectivity index (χ1v) is 9.64. The van der Waals surface area contributed by atoms with Gasteiger partial charge in [0.1, 0.15) is 0 Å². The molecule has 1 amide bonds. The maximum absolute atomic E-state index is 12.9. The monoisotopic (exact) mass is 416 g/mol. The first-order valence-electron chi connectivity index (χ1n) is 9.64. The van der Waals surface area contributed by atoms with Gasteiger partial charge >= 0.3 is 6.18 Å². The van der Waals surface area contributed by atoms with Gasteiger partial charge in [0, 0.05) is 22.6 Å². The van der Waals surface area contributed by atoms with Crippen LogP contribution in [0.5, 0.6) is 0 Å². The molecule has 0 saturated carbocycles. The number of carbonyl (C=O) groups is 1. The predicted molar refractivity (Wildman–Crippen MR) is 110 cm³/mol. The normalized spacial score (nSPS) is 12.9. The Kier molecular flexibility index (Phi) is 6.12. The first kappa shape index (κ1) is 21.8. The summed E-state index contributed by atoms with van der Waals surface area (Å²) in [5, 5.41) is 12.7. The molecule has 0 aliphatic heterocycles. The number of amides is 1. The smallest absolute Gasteiger partial charge is 0.394 e. The number of fused-ring (bicyclic) bond motifs is 1. The Balaban J connectivity index is 2.08. The molecule has 1 atom stereocenters. The molecule has 0 aliphatic carbocycles. The minimum absolute atomic E-state index is 0.151. The van der Waals surface area contributed by atoms with Gasteiger partial charge in [-0.2, -0.15) is 13.2 Å². The molecular formula is C23H23F3N2O2. The number of nitrogens with zero attached hydrogens (tertiary/aromatic N) is 1. The minimum Gasteiger partial charge on any atom is -0.394 e. The first-order chi connectivity index (χ1) is 14.1. The molecule has 0 bridgehead atoms. The summed E-state index contributed by atoms with van der Waals surface area (Å²) in [4.78, 5) is 17.0. The molecule has 0 unspecified atom stereocenters. The van der Waals surface area contributed by atoms with Crippen LogP contribution in [0.1, 0.15) is 48.2 Å². The molecule has 30 heavy (non-hydrogen) atoms. The topological polar surface area (TPSA) is 62.2 Å². The average molecular weight is 416 g/mol. The molecule has 0 saturated heterocycles. The van der Waals surface area contributed by atoms with Gasteiger partial charge in [0.2, 0.25) is 0 Å². The van der Waals surface area contributed by atoms with Crippen molar-refractivity contribution in [3.05, 3.63) is 65.2 Å². The number of aliphatic hydroxyl groups excluding tert-OH is 1. The number of rotatable bonds is 5. The van der Waals surface area contributed by atoms with Crippen molar-refractivity contribution in [1.82, 2.24) is 10.3 Å². The van der Waals surface area contributed by atoms with E-state index in [0.29, 0.717) is 22.3 Å². The van der Waals surface area contributed by atoms with Crippen LogP contribution in [-0.4, -0.2) is 28.6 Å². The van der Waals surface area contributed by atoms with E-state index >= 15 is 0 Å². The van der Waals surface area contributed by atoms with E-state index in [-0.39, 0.29) is 24.5 Å². The standard InChI is InChI=1S/C23H23F3N2O2/c1-13(2)19-11-20(15-4-7-17(8-5-15)23(24,25)26)28-21-10-16(6-9-18(19)21)22(30)27-14(3)12-29/h4-11,13-14,29H,12H2,1-3H3,(H,27,30)/t14-/m1/s1. The highest BCUT2D eigenvalue weighted by Crippen LogP contribution is 2.33. The van der Waals surface area contributed by atoms with Crippen LogP contribution in [0.3, 0.4) is 0 Å². The van der Waals surface area contributed by atoms with Crippen LogP contribution in [0.25, 0.3) is 22.2 Å². The maximum Gasteiger partial charge on any atom is 0.416 e. The van der Waals surface area contributed by atoms with Crippen LogP contribution in [-0.2, 0) is 6.18 Å². The van der Waals surface area contributed by atoms with Crippen molar-refractivity contribution in [1.29, 1.82) is 0 Å². The average Bonchev–Trinajstić information content (AvgIpc) is 2.71. The Labute approximate surface area is 172 Å². The van der Waals surface area contributed by atoms with Gasteiger partial charge in [0.25, 0.3) is 5.91 Å². The Bertz CT molecular complexity index is 1060. The van der Waals surface area contributed by atoms with E-state index in [1.165, 1.54) is 12.1 Å². The number of halogens is 3. The van der Waals surface area contributed by atoms with Gasteiger partial charge in [-0.05, 0) is 48.7 Å².